The third-order valence-electron chi connectivity index (χ3n) is 4.18. The van der Waals surface area contributed by atoms with E-state index in [1.165, 1.54) is 29.3 Å². The van der Waals surface area contributed by atoms with E-state index in [0.29, 0.717) is 5.92 Å². The summed E-state index contributed by atoms with van der Waals surface area (Å²) in [5.74, 6) is 1.32. The van der Waals surface area contributed by atoms with E-state index in [1.807, 2.05) is 0 Å². The smallest absolute Gasteiger partial charge is 0.0587 e. The molecule has 1 N–H and O–H groups in total. The normalized spacial score (nSPS) is 17.8. The molecular weight excluding hydrogens is 330 g/mol. The van der Waals surface area contributed by atoms with Crippen molar-refractivity contribution in [2.24, 2.45) is 5.92 Å². The molecule has 0 saturated carbocycles. The zero-order valence-electron chi connectivity index (χ0n) is 12.8. The molecule has 0 radical (unpaired) electrons. The van der Waals surface area contributed by atoms with Gasteiger partial charge in [0.25, 0.3) is 0 Å². The Morgan fingerprint density at radius 2 is 2.10 bits per heavy atom. The lowest BCUT2D eigenvalue weighted by atomic mass is 9.85. The second-order valence-corrected chi connectivity index (χ2v) is 6.56. The molecule has 3 nitrogen and oxygen atoms in total. The molecule has 118 valence electrons. The van der Waals surface area contributed by atoms with Gasteiger partial charge in [0.15, 0.2) is 0 Å². The van der Waals surface area contributed by atoms with Gasteiger partial charge in [-0.3, -0.25) is 0 Å². The van der Waals surface area contributed by atoms with Crippen molar-refractivity contribution in [2.45, 2.75) is 25.2 Å². The molecule has 0 spiro atoms. The first kappa shape index (κ1) is 16.9. The first-order valence-corrected chi connectivity index (χ1v) is 8.62. The fourth-order valence-electron chi connectivity index (χ4n) is 2.96. The molecule has 4 heteroatoms. The number of ether oxygens (including phenoxy) is 2. The summed E-state index contributed by atoms with van der Waals surface area (Å²) in [6.07, 6.45) is 3.62. The van der Waals surface area contributed by atoms with Gasteiger partial charge in [-0.2, -0.15) is 0 Å². The van der Waals surface area contributed by atoms with Crippen LogP contribution in [0.25, 0.3) is 0 Å². The maximum absolute atomic E-state index is 5.48. The van der Waals surface area contributed by atoms with Crippen LogP contribution in [0.4, 0.5) is 0 Å². The minimum Gasteiger partial charge on any atom is -0.383 e. The Balaban J connectivity index is 1.97. The second kappa shape index (κ2) is 9.57. The largest absolute Gasteiger partial charge is 0.383 e. The van der Waals surface area contributed by atoms with Gasteiger partial charge in [0, 0.05) is 37.9 Å². The highest BCUT2D eigenvalue weighted by Gasteiger charge is 2.21. The third kappa shape index (κ3) is 5.70. The highest BCUT2D eigenvalue weighted by atomic mass is 79.9. The summed E-state index contributed by atoms with van der Waals surface area (Å²) in [5, 5.41) is 3.52. The first-order chi connectivity index (χ1) is 10.3. The Labute approximate surface area is 136 Å². The molecule has 0 aliphatic carbocycles. The summed E-state index contributed by atoms with van der Waals surface area (Å²) < 4.78 is 11.8. The van der Waals surface area contributed by atoms with Gasteiger partial charge in [-0.05, 0) is 42.7 Å². The van der Waals surface area contributed by atoms with Crippen LogP contribution in [0.5, 0.6) is 0 Å². The average molecular weight is 356 g/mol. The zero-order chi connectivity index (χ0) is 14.9. The van der Waals surface area contributed by atoms with Crippen LogP contribution in [0.1, 0.15) is 30.7 Å². The molecule has 1 aliphatic rings. The van der Waals surface area contributed by atoms with Crippen LogP contribution < -0.4 is 5.32 Å². The Kier molecular flexibility index (Phi) is 7.72. The molecule has 1 aromatic rings. The minimum absolute atomic E-state index is 0.542. The number of rotatable bonds is 8. The molecular formula is C17H26BrNO2. The lowest BCUT2D eigenvalue weighted by Gasteiger charge is -2.27. The van der Waals surface area contributed by atoms with E-state index in [2.05, 4.69) is 45.5 Å². The average Bonchev–Trinajstić information content (AvgIpc) is 2.52. The Morgan fingerprint density at radius 1 is 1.33 bits per heavy atom. The van der Waals surface area contributed by atoms with Gasteiger partial charge in [-0.1, -0.05) is 34.1 Å². The minimum atomic E-state index is 0.542. The van der Waals surface area contributed by atoms with Crippen molar-refractivity contribution in [3.63, 3.8) is 0 Å². The van der Waals surface area contributed by atoms with Gasteiger partial charge in [-0.15, -0.1) is 0 Å². The van der Waals surface area contributed by atoms with E-state index in [0.717, 1.165) is 38.8 Å². The molecule has 0 bridgehead atoms. The van der Waals surface area contributed by atoms with Crippen molar-refractivity contribution < 1.29 is 9.47 Å². The fourth-order valence-corrected chi connectivity index (χ4v) is 3.57. The van der Waals surface area contributed by atoms with Crippen molar-refractivity contribution >= 4 is 15.9 Å². The summed E-state index contributed by atoms with van der Waals surface area (Å²) in [4.78, 5) is 0. The van der Waals surface area contributed by atoms with Gasteiger partial charge in [-0.25, -0.2) is 0 Å². The lowest BCUT2D eigenvalue weighted by molar-refractivity contribution is 0.0615. The van der Waals surface area contributed by atoms with Crippen LogP contribution in [0.2, 0.25) is 0 Å². The predicted molar refractivity (Wildman–Crippen MR) is 89.8 cm³/mol. The molecule has 1 aromatic carbocycles. The van der Waals surface area contributed by atoms with E-state index < -0.39 is 0 Å². The van der Waals surface area contributed by atoms with E-state index in [-0.39, 0.29) is 0 Å². The first-order valence-electron chi connectivity index (χ1n) is 7.83. The summed E-state index contributed by atoms with van der Waals surface area (Å²) >= 11 is 3.71. The van der Waals surface area contributed by atoms with Crippen LogP contribution in [0, 0.1) is 5.92 Å². The van der Waals surface area contributed by atoms with E-state index in [4.69, 9.17) is 9.47 Å². The van der Waals surface area contributed by atoms with Crippen molar-refractivity contribution in [1.29, 1.82) is 0 Å². The molecule has 1 saturated heterocycles. The summed E-state index contributed by atoms with van der Waals surface area (Å²) in [7, 11) is 1.75. The molecule has 1 atom stereocenters. The van der Waals surface area contributed by atoms with Crippen LogP contribution in [-0.4, -0.2) is 40.0 Å². The number of methoxy groups -OCH3 is 1. The van der Waals surface area contributed by atoms with Gasteiger partial charge < -0.3 is 14.8 Å². The van der Waals surface area contributed by atoms with Crippen LogP contribution >= 0.6 is 15.9 Å². The predicted octanol–water partition coefficient (Wildman–Crippen LogP) is 3.59. The highest BCUT2D eigenvalue weighted by Crippen LogP contribution is 2.32. The lowest BCUT2D eigenvalue weighted by Crippen LogP contribution is -2.28. The highest BCUT2D eigenvalue weighted by molar-refractivity contribution is 9.10. The SMILES string of the molecule is COCCNCC(CC1CCOCC1)c1ccccc1Br. The number of nitrogens with one attached hydrogen (secondary N) is 1. The zero-order valence-corrected chi connectivity index (χ0v) is 14.4. The standard InChI is InChI=1S/C17H26BrNO2/c1-20-11-8-19-13-15(12-14-6-9-21-10-7-14)16-4-2-3-5-17(16)18/h2-5,14-15,19H,6-13H2,1H3. The Hall–Kier alpha value is -0.420. The molecule has 2 rings (SSSR count). The quantitative estimate of drug-likeness (QED) is 0.722. The van der Waals surface area contributed by atoms with Gasteiger partial charge >= 0.3 is 0 Å². The van der Waals surface area contributed by atoms with E-state index in [9.17, 15) is 0 Å². The second-order valence-electron chi connectivity index (χ2n) is 5.71. The number of halogens is 1. The fraction of sp³-hybridized carbons (Fsp3) is 0.647. The van der Waals surface area contributed by atoms with Gasteiger partial charge in [0.2, 0.25) is 0 Å². The maximum Gasteiger partial charge on any atom is 0.0587 e. The van der Waals surface area contributed by atoms with Crippen molar-refractivity contribution in [3.05, 3.63) is 34.3 Å². The van der Waals surface area contributed by atoms with Crippen LogP contribution in [-0.2, 0) is 9.47 Å². The monoisotopic (exact) mass is 355 g/mol. The van der Waals surface area contributed by atoms with Gasteiger partial charge in [0.05, 0.1) is 6.61 Å². The molecule has 21 heavy (non-hydrogen) atoms. The van der Waals surface area contributed by atoms with Crippen LogP contribution in [0.3, 0.4) is 0 Å². The Morgan fingerprint density at radius 3 is 2.81 bits per heavy atom. The van der Waals surface area contributed by atoms with Gasteiger partial charge in [0.1, 0.15) is 0 Å². The molecule has 1 heterocycles. The summed E-state index contributed by atoms with van der Waals surface area (Å²) in [6.45, 7) is 4.52. The molecule has 1 fully saturated rings. The summed E-state index contributed by atoms with van der Waals surface area (Å²) in [6, 6.07) is 8.59. The topological polar surface area (TPSA) is 30.5 Å². The summed E-state index contributed by atoms with van der Waals surface area (Å²) in [5.41, 5.74) is 1.41. The third-order valence-corrected chi connectivity index (χ3v) is 4.90. The van der Waals surface area contributed by atoms with Crippen molar-refractivity contribution in [2.75, 3.05) is 40.0 Å². The molecule has 1 unspecified atom stereocenters. The molecule has 0 aromatic heterocycles. The molecule has 1 aliphatic heterocycles. The Bertz CT molecular complexity index is 408. The maximum atomic E-state index is 5.48. The van der Waals surface area contributed by atoms with Crippen molar-refractivity contribution in [3.8, 4) is 0 Å². The van der Waals surface area contributed by atoms with Crippen LogP contribution in [0.15, 0.2) is 28.7 Å². The van der Waals surface area contributed by atoms with E-state index in [1.54, 1.807) is 7.11 Å². The number of benzene rings is 1. The van der Waals surface area contributed by atoms with E-state index >= 15 is 0 Å². The number of hydrogen-bond acceptors (Lipinski definition) is 3. The molecule has 0 amide bonds. The number of hydrogen-bond donors (Lipinski definition) is 1. The van der Waals surface area contributed by atoms with Crippen molar-refractivity contribution in [1.82, 2.24) is 5.32 Å².